The van der Waals surface area contributed by atoms with E-state index >= 15 is 0 Å². The topological polar surface area (TPSA) is 143 Å². The van der Waals surface area contributed by atoms with Gasteiger partial charge in [0.2, 0.25) is 0 Å². The van der Waals surface area contributed by atoms with Crippen molar-refractivity contribution < 1.29 is 47.7 Å². The minimum atomic E-state index is -1.02. The molecule has 13 nitrogen and oxygen atoms in total. The number of benzene rings is 2. The molecule has 3 saturated heterocycles. The summed E-state index contributed by atoms with van der Waals surface area (Å²) in [7, 11) is 0. The highest BCUT2D eigenvalue weighted by Gasteiger charge is 2.51. The number of esters is 3. The van der Waals surface area contributed by atoms with Crippen LogP contribution in [0.2, 0.25) is 0 Å². The number of rotatable bonds is 13. The van der Waals surface area contributed by atoms with Crippen LogP contribution in [-0.4, -0.2) is 107 Å². The number of hydrogen-bond acceptors (Lipinski definition) is 11. The Morgan fingerprint density at radius 3 is 2.21 bits per heavy atom. The first-order chi connectivity index (χ1) is 29.4. The molecule has 1 aromatic heterocycles. The number of piperidine rings is 2. The summed E-state index contributed by atoms with van der Waals surface area (Å²) in [5.41, 5.74) is 4.94. The second-order valence-corrected chi connectivity index (χ2v) is 18.6. The van der Waals surface area contributed by atoms with Crippen molar-refractivity contribution in [3.63, 3.8) is 0 Å². The molecule has 6 rings (SSSR count). The van der Waals surface area contributed by atoms with Gasteiger partial charge in [0.05, 0.1) is 5.52 Å². The van der Waals surface area contributed by atoms with Crippen molar-refractivity contribution >= 4 is 46.8 Å². The molecule has 1 amide bonds. The molecule has 336 valence electrons. The Labute approximate surface area is 366 Å². The summed E-state index contributed by atoms with van der Waals surface area (Å²) in [5, 5.41) is 1.02. The number of carbonyl (C=O) groups is 5. The average Bonchev–Trinajstić information content (AvgIpc) is 3.56. The summed E-state index contributed by atoms with van der Waals surface area (Å²) in [4.78, 5) is 66.7. The standard InChI is InChI=1S/C49H65N3O10/c1-32-13-11-15-41-43(32)39(29-52(41)46-45(60-36(5)56)40(27-33(2)53)44(59-35(4)55)42(61-46)30-58-34(3)54)28-38-18-16-37(17-19-38)14-9-10-23-50-24-12-20-49(31-50)21-25-51(26-22-49)47(57)62-48(6,7)8/h9,11,13-19,29,40,42,44-46H,10,12,20-28,30-31H2,1-8H3/b14-9+/t40-,42+,44-,45+,46+/m0/s1. The Balaban J connectivity index is 1.15. The second-order valence-electron chi connectivity index (χ2n) is 18.6. The number of fused-ring (bicyclic) bond motifs is 1. The first kappa shape index (κ1) is 46.5. The number of nitrogens with zero attached hydrogens (tertiary/aromatic N) is 3. The number of Topliss-reactive ketones (excluding diaryl/α,β-unsaturated/α-hetero) is 1. The minimum Gasteiger partial charge on any atom is -0.463 e. The van der Waals surface area contributed by atoms with E-state index in [1.54, 1.807) is 0 Å². The van der Waals surface area contributed by atoms with Crippen molar-refractivity contribution in [2.75, 3.05) is 39.3 Å². The zero-order valence-corrected chi connectivity index (χ0v) is 37.8. The molecule has 3 aromatic rings. The van der Waals surface area contributed by atoms with Gasteiger partial charge >= 0.3 is 24.0 Å². The maximum Gasteiger partial charge on any atom is 0.410 e. The molecule has 5 atom stereocenters. The number of hydrogen-bond donors (Lipinski definition) is 0. The number of aromatic nitrogens is 1. The third kappa shape index (κ3) is 11.9. The lowest BCUT2D eigenvalue weighted by molar-refractivity contribution is -0.249. The summed E-state index contributed by atoms with van der Waals surface area (Å²) < 4.78 is 31.2. The second kappa shape index (κ2) is 20.0. The minimum absolute atomic E-state index is 0.0607. The van der Waals surface area contributed by atoms with E-state index in [-0.39, 0.29) is 30.3 Å². The number of ketones is 1. The Morgan fingerprint density at radius 2 is 1.56 bits per heavy atom. The van der Waals surface area contributed by atoms with Crippen LogP contribution in [0.1, 0.15) is 115 Å². The van der Waals surface area contributed by atoms with Crippen molar-refractivity contribution in [2.45, 2.75) is 130 Å². The molecule has 0 unspecified atom stereocenters. The highest BCUT2D eigenvalue weighted by atomic mass is 16.6. The Kier molecular flexibility index (Phi) is 15.0. The molecular formula is C49H65N3O10. The Hall–Kier alpha value is -5.01. The fourth-order valence-corrected chi connectivity index (χ4v) is 9.60. The monoisotopic (exact) mass is 855 g/mol. The number of ether oxygens (including phenoxy) is 5. The number of aryl methyl sites for hydroxylation is 1. The fraction of sp³-hybridized carbons (Fsp3) is 0.571. The summed E-state index contributed by atoms with van der Waals surface area (Å²) in [5.74, 6) is -2.68. The lowest BCUT2D eigenvalue weighted by Crippen LogP contribution is -2.56. The van der Waals surface area contributed by atoms with Crippen LogP contribution in [0, 0.1) is 18.3 Å². The molecule has 1 spiro atoms. The van der Waals surface area contributed by atoms with Gasteiger partial charge < -0.3 is 42.8 Å². The van der Waals surface area contributed by atoms with Crippen molar-refractivity contribution in [3.05, 3.63) is 77.0 Å². The van der Waals surface area contributed by atoms with Gasteiger partial charge in [-0.25, -0.2) is 4.79 Å². The largest absolute Gasteiger partial charge is 0.463 e. The maximum absolute atomic E-state index is 12.7. The average molecular weight is 856 g/mol. The molecule has 0 N–H and O–H groups in total. The zero-order valence-electron chi connectivity index (χ0n) is 37.8. The summed E-state index contributed by atoms with van der Waals surface area (Å²) in [6, 6.07) is 14.5. The number of carbonyl (C=O) groups excluding carboxylic acids is 5. The zero-order chi connectivity index (χ0) is 44.8. The molecule has 0 radical (unpaired) electrons. The van der Waals surface area contributed by atoms with Gasteiger partial charge in [-0.15, -0.1) is 0 Å². The highest BCUT2D eigenvalue weighted by molar-refractivity contribution is 5.88. The Bertz CT molecular complexity index is 2110. The van der Waals surface area contributed by atoms with Crippen LogP contribution in [-0.2, 0) is 49.3 Å². The normalized spacial score (nSPS) is 23.0. The summed E-state index contributed by atoms with van der Waals surface area (Å²) in [6.45, 7) is 17.5. The fourth-order valence-electron chi connectivity index (χ4n) is 9.60. The molecule has 13 heteroatoms. The smallest absolute Gasteiger partial charge is 0.410 e. The molecule has 0 saturated carbocycles. The van der Waals surface area contributed by atoms with E-state index in [0.717, 1.165) is 85.1 Å². The van der Waals surface area contributed by atoms with Crippen LogP contribution in [0.4, 0.5) is 4.79 Å². The van der Waals surface area contributed by atoms with Gasteiger partial charge in [0.15, 0.2) is 12.3 Å². The van der Waals surface area contributed by atoms with Gasteiger partial charge in [-0.1, -0.05) is 48.6 Å². The number of amides is 1. The van der Waals surface area contributed by atoms with Crippen LogP contribution >= 0.6 is 0 Å². The van der Waals surface area contributed by atoms with Crippen molar-refractivity contribution in [1.82, 2.24) is 14.4 Å². The van der Waals surface area contributed by atoms with E-state index in [0.29, 0.717) is 6.42 Å². The van der Waals surface area contributed by atoms with Gasteiger partial charge in [-0.2, -0.15) is 0 Å². The third-order valence-corrected chi connectivity index (χ3v) is 12.3. The van der Waals surface area contributed by atoms with E-state index in [1.165, 1.54) is 40.5 Å². The molecule has 4 heterocycles. The van der Waals surface area contributed by atoms with Crippen molar-refractivity contribution in [2.24, 2.45) is 11.3 Å². The summed E-state index contributed by atoms with van der Waals surface area (Å²) >= 11 is 0. The third-order valence-electron chi connectivity index (χ3n) is 12.3. The molecule has 3 aliphatic heterocycles. The molecule has 62 heavy (non-hydrogen) atoms. The van der Waals surface area contributed by atoms with Gasteiger partial charge in [-0.3, -0.25) is 14.4 Å². The van der Waals surface area contributed by atoms with E-state index in [9.17, 15) is 24.0 Å². The van der Waals surface area contributed by atoms with Crippen LogP contribution in [0.25, 0.3) is 17.0 Å². The van der Waals surface area contributed by atoms with Gasteiger partial charge in [0.1, 0.15) is 30.2 Å². The Morgan fingerprint density at radius 1 is 0.871 bits per heavy atom. The van der Waals surface area contributed by atoms with Crippen molar-refractivity contribution in [3.8, 4) is 0 Å². The van der Waals surface area contributed by atoms with E-state index in [1.807, 2.05) is 61.6 Å². The van der Waals surface area contributed by atoms with E-state index in [4.69, 9.17) is 23.7 Å². The predicted octanol–water partition coefficient (Wildman–Crippen LogP) is 7.98. The molecule has 3 fully saturated rings. The van der Waals surface area contributed by atoms with E-state index < -0.39 is 54.0 Å². The molecule has 3 aliphatic rings. The predicted molar refractivity (Wildman–Crippen MR) is 235 cm³/mol. The lowest BCUT2D eigenvalue weighted by atomic mass is 9.72. The molecule has 0 aliphatic carbocycles. The van der Waals surface area contributed by atoms with Crippen LogP contribution < -0.4 is 0 Å². The van der Waals surface area contributed by atoms with Crippen LogP contribution in [0.15, 0.2) is 54.7 Å². The molecular weight excluding hydrogens is 791 g/mol. The quantitative estimate of drug-likeness (QED) is 0.122. The van der Waals surface area contributed by atoms with E-state index in [2.05, 4.69) is 41.3 Å². The van der Waals surface area contributed by atoms with Gasteiger partial charge in [0.25, 0.3) is 0 Å². The van der Waals surface area contributed by atoms with Crippen LogP contribution in [0.5, 0.6) is 0 Å². The first-order valence-corrected chi connectivity index (χ1v) is 22.1. The van der Waals surface area contributed by atoms with Crippen LogP contribution in [0.3, 0.4) is 0 Å². The van der Waals surface area contributed by atoms with Gasteiger partial charge in [-0.05, 0) is 113 Å². The molecule has 0 bridgehead atoms. The summed E-state index contributed by atoms with van der Waals surface area (Å²) in [6.07, 6.45) is 8.27. The number of likely N-dealkylation sites (tertiary alicyclic amines) is 2. The first-order valence-electron chi connectivity index (χ1n) is 22.1. The van der Waals surface area contributed by atoms with Gasteiger partial charge in [0, 0.05) is 70.9 Å². The lowest BCUT2D eigenvalue weighted by Gasteiger charge is -2.47. The maximum atomic E-state index is 12.7. The molecule has 2 aromatic carbocycles. The highest BCUT2D eigenvalue weighted by Crippen LogP contribution is 2.42. The van der Waals surface area contributed by atoms with Crippen molar-refractivity contribution in [1.29, 1.82) is 0 Å². The SMILES string of the molecule is CC(=O)C[C@@H]1[C@@H](OC(C)=O)[C@H](n2cc(Cc3ccc(/C=C/CCN4CCCC5(CCN(C(=O)OC(C)(C)C)CC5)C4)cc3)c3c(C)cccc32)O[C@H](COC(C)=O)[C@H]1OC(C)=O.